The van der Waals surface area contributed by atoms with E-state index in [0.717, 1.165) is 30.2 Å². The highest BCUT2D eigenvalue weighted by molar-refractivity contribution is 5.72. The van der Waals surface area contributed by atoms with Gasteiger partial charge in [-0.3, -0.25) is 0 Å². The lowest BCUT2D eigenvalue weighted by atomic mass is 10.1. The average molecular weight is 266 g/mol. The van der Waals surface area contributed by atoms with Crippen LogP contribution in [-0.4, -0.2) is 36.3 Å². The second kappa shape index (κ2) is 5.68. The number of aromatic nitrogens is 2. The summed E-state index contributed by atoms with van der Waals surface area (Å²) in [6.45, 7) is 2.96. The standard InChI is InChI=1S/C15H14N4O/c16-10-13-11-17-15(19-6-8-20-9-7-19)14(18-13)12-4-2-1-3-5-12/h1-5,11H,6-9H2. The highest BCUT2D eigenvalue weighted by atomic mass is 16.5. The lowest BCUT2D eigenvalue weighted by molar-refractivity contribution is 0.122. The van der Waals surface area contributed by atoms with Gasteiger partial charge < -0.3 is 9.64 Å². The van der Waals surface area contributed by atoms with Gasteiger partial charge in [0.2, 0.25) is 0 Å². The Balaban J connectivity index is 2.07. The molecule has 0 spiro atoms. The first-order chi connectivity index (χ1) is 9.88. The van der Waals surface area contributed by atoms with Crippen molar-refractivity contribution in [3.05, 3.63) is 42.2 Å². The van der Waals surface area contributed by atoms with Gasteiger partial charge in [-0.15, -0.1) is 0 Å². The number of hydrogen-bond acceptors (Lipinski definition) is 5. The van der Waals surface area contributed by atoms with E-state index in [1.807, 2.05) is 30.3 Å². The average Bonchev–Trinajstić information content (AvgIpc) is 2.56. The molecule has 0 N–H and O–H groups in total. The molecule has 3 rings (SSSR count). The van der Waals surface area contributed by atoms with Crippen molar-refractivity contribution in [3.8, 4) is 17.3 Å². The van der Waals surface area contributed by atoms with Crippen molar-refractivity contribution in [2.24, 2.45) is 0 Å². The molecule has 0 atom stereocenters. The van der Waals surface area contributed by atoms with Gasteiger partial charge in [0.1, 0.15) is 11.8 Å². The maximum absolute atomic E-state index is 9.02. The molecule has 0 unspecified atom stereocenters. The smallest absolute Gasteiger partial charge is 0.159 e. The van der Waals surface area contributed by atoms with Crippen LogP contribution in [-0.2, 0) is 4.74 Å². The molecule has 100 valence electrons. The van der Waals surface area contributed by atoms with E-state index in [9.17, 15) is 0 Å². The van der Waals surface area contributed by atoms with Crippen molar-refractivity contribution >= 4 is 5.82 Å². The van der Waals surface area contributed by atoms with Crippen LogP contribution in [0.5, 0.6) is 0 Å². The summed E-state index contributed by atoms with van der Waals surface area (Å²) in [5.74, 6) is 0.818. The summed E-state index contributed by atoms with van der Waals surface area (Å²) < 4.78 is 5.37. The maximum atomic E-state index is 9.02. The molecule has 20 heavy (non-hydrogen) atoms. The van der Waals surface area contributed by atoms with Gasteiger partial charge in [-0.05, 0) is 0 Å². The summed E-state index contributed by atoms with van der Waals surface area (Å²) in [6, 6.07) is 11.9. The summed E-state index contributed by atoms with van der Waals surface area (Å²) in [4.78, 5) is 11.0. The minimum atomic E-state index is 0.334. The van der Waals surface area contributed by atoms with Gasteiger partial charge in [0, 0.05) is 18.7 Å². The van der Waals surface area contributed by atoms with Crippen LogP contribution >= 0.6 is 0 Å². The van der Waals surface area contributed by atoms with E-state index >= 15 is 0 Å². The van der Waals surface area contributed by atoms with Crippen LogP contribution in [0.2, 0.25) is 0 Å². The molecule has 0 bridgehead atoms. The minimum Gasteiger partial charge on any atom is -0.378 e. The summed E-state index contributed by atoms with van der Waals surface area (Å²) >= 11 is 0. The predicted octanol–water partition coefficient (Wildman–Crippen LogP) is 1.85. The topological polar surface area (TPSA) is 62.0 Å². The van der Waals surface area contributed by atoms with Crippen LogP contribution in [0.4, 0.5) is 5.82 Å². The number of morpholine rings is 1. The molecule has 2 aromatic rings. The van der Waals surface area contributed by atoms with Gasteiger partial charge in [-0.1, -0.05) is 30.3 Å². The van der Waals surface area contributed by atoms with E-state index < -0.39 is 0 Å². The fourth-order valence-electron chi connectivity index (χ4n) is 2.23. The first-order valence-electron chi connectivity index (χ1n) is 6.54. The first-order valence-corrected chi connectivity index (χ1v) is 6.54. The Morgan fingerprint density at radius 3 is 2.60 bits per heavy atom. The number of nitriles is 1. The lowest BCUT2D eigenvalue weighted by Crippen LogP contribution is -2.37. The van der Waals surface area contributed by atoms with Crippen molar-refractivity contribution in [2.75, 3.05) is 31.2 Å². The first kappa shape index (κ1) is 12.6. The molecule has 1 fully saturated rings. The highest BCUT2D eigenvalue weighted by Gasteiger charge is 2.18. The van der Waals surface area contributed by atoms with E-state index in [0.29, 0.717) is 18.9 Å². The van der Waals surface area contributed by atoms with Gasteiger partial charge in [-0.25, -0.2) is 9.97 Å². The summed E-state index contributed by atoms with van der Waals surface area (Å²) in [7, 11) is 0. The molecule has 5 heteroatoms. The zero-order chi connectivity index (χ0) is 13.8. The van der Waals surface area contributed by atoms with E-state index in [1.165, 1.54) is 6.20 Å². The van der Waals surface area contributed by atoms with Crippen molar-refractivity contribution in [3.63, 3.8) is 0 Å². The number of benzene rings is 1. The molecule has 1 aliphatic rings. The largest absolute Gasteiger partial charge is 0.378 e. The van der Waals surface area contributed by atoms with Gasteiger partial charge in [0.15, 0.2) is 11.5 Å². The Bertz CT molecular complexity index is 630. The summed E-state index contributed by atoms with van der Waals surface area (Å²) in [6.07, 6.45) is 1.53. The minimum absolute atomic E-state index is 0.334. The molecule has 1 aromatic heterocycles. The second-order valence-electron chi connectivity index (χ2n) is 4.50. The third-order valence-corrected chi connectivity index (χ3v) is 3.23. The van der Waals surface area contributed by atoms with Crippen LogP contribution in [0.3, 0.4) is 0 Å². The lowest BCUT2D eigenvalue weighted by Gasteiger charge is -2.29. The normalized spacial score (nSPS) is 14.8. The quantitative estimate of drug-likeness (QED) is 0.830. The van der Waals surface area contributed by atoms with E-state index in [-0.39, 0.29) is 0 Å². The van der Waals surface area contributed by atoms with Crippen LogP contribution in [0.1, 0.15) is 5.69 Å². The van der Waals surface area contributed by atoms with Crippen LogP contribution in [0.15, 0.2) is 36.5 Å². The second-order valence-corrected chi connectivity index (χ2v) is 4.50. The fourth-order valence-corrected chi connectivity index (χ4v) is 2.23. The number of anilines is 1. The number of rotatable bonds is 2. The predicted molar refractivity (Wildman–Crippen MR) is 75.2 cm³/mol. The molecule has 0 radical (unpaired) electrons. The molecule has 1 aromatic carbocycles. The van der Waals surface area contributed by atoms with E-state index in [1.54, 1.807) is 0 Å². The molecular formula is C15H14N4O. The van der Waals surface area contributed by atoms with Crippen molar-refractivity contribution < 1.29 is 4.74 Å². The molecule has 5 nitrogen and oxygen atoms in total. The summed E-state index contributed by atoms with van der Waals surface area (Å²) in [5, 5.41) is 9.02. The van der Waals surface area contributed by atoms with Gasteiger partial charge in [0.05, 0.1) is 19.4 Å². The SMILES string of the molecule is N#Cc1cnc(N2CCOCC2)c(-c2ccccc2)n1. The van der Waals surface area contributed by atoms with Crippen LogP contribution in [0.25, 0.3) is 11.3 Å². The fraction of sp³-hybridized carbons (Fsp3) is 0.267. The zero-order valence-electron chi connectivity index (χ0n) is 11.0. The van der Waals surface area contributed by atoms with Gasteiger partial charge in [-0.2, -0.15) is 5.26 Å². The van der Waals surface area contributed by atoms with E-state index in [2.05, 4.69) is 20.9 Å². The number of hydrogen-bond donors (Lipinski definition) is 0. The van der Waals surface area contributed by atoms with Gasteiger partial charge in [0.25, 0.3) is 0 Å². The Morgan fingerprint density at radius 2 is 1.90 bits per heavy atom. The van der Waals surface area contributed by atoms with Crippen molar-refractivity contribution in [2.45, 2.75) is 0 Å². The van der Waals surface area contributed by atoms with Crippen LogP contribution < -0.4 is 4.90 Å². The third-order valence-electron chi connectivity index (χ3n) is 3.23. The molecule has 2 heterocycles. The molecular weight excluding hydrogens is 252 g/mol. The molecule has 0 amide bonds. The Hall–Kier alpha value is -2.45. The molecule has 0 aliphatic carbocycles. The van der Waals surface area contributed by atoms with Gasteiger partial charge >= 0.3 is 0 Å². The summed E-state index contributed by atoms with van der Waals surface area (Å²) in [5.41, 5.74) is 2.06. The van der Waals surface area contributed by atoms with Crippen molar-refractivity contribution in [1.82, 2.24) is 9.97 Å². The molecule has 0 saturated carbocycles. The Labute approximate surface area is 117 Å². The third kappa shape index (κ3) is 2.46. The number of ether oxygens (including phenoxy) is 1. The maximum Gasteiger partial charge on any atom is 0.159 e. The molecule has 1 saturated heterocycles. The zero-order valence-corrected chi connectivity index (χ0v) is 11.0. The Morgan fingerprint density at radius 1 is 1.15 bits per heavy atom. The Kier molecular flexibility index (Phi) is 3.57. The number of nitrogens with zero attached hydrogens (tertiary/aromatic N) is 4. The van der Waals surface area contributed by atoms with E-state index in [4.69, 9.17) is 10.00 Å². The van der Waals surface area contributed by atoms with Crippen LogP contribution in [0, 0.1) is 11.3 Å². The monoisotopic (exact) mass is 266 g/mol. The highest BCUT2D eigenvalue weighted by Crippen LogP contribution is 2.27. The molecule has 1 aliphatic heterocycles. The van der Waals surface area contributed by atoms with Crippen molar-refractivity contribution in [1.29, 1.82) is 5.26 Å².